The number of benzene rings is 3. The molecule has 1 heterocycles. The topological polar surface area (TPSA) is 122 Å². The third-order valence-electron chi connectivity index (χ3n) is 6.33. The molecule has 0 saturated carbocycles. The van der Waals surface area contributed by atoms with Crippen molar-refractivity contribution in [2.45, 2.75) is 43.7 Å². The summed E-state index contributed by atoms with van der Waals surface area (Å²) in [6.07, 6.45) is 1.03. The van der Waals surface area contributed by atoms with Crippen molar-refractivity contribution < 1.29 is 18.0 Å². The van der Waals surface area contributed by atoms with Crippen LogP contribution in [0.25, 0.3) is 10.8 Å². The Labute approximate surface area is 205 Å². The Morgan fingerprint density at radius 2 is 1.60 bits per heavy atom. The lowest BCUT2D eigenvalue weighted by molar-refractivity contribution is -0.133. The van der Waals surface area contributed by atoms with E-state index in [0.29, 0.717) is 48.0 Å². The van der Waals surface area contributed by atoms with Crippen LogP contribution in [0.1, 0.15) is 35.7 Å². The second-order valence-corrected chi connectivity index (χ2v) is 10.6. The van der Waals surface area contributed by atoms with Crippen molar-refractivity contribution in [1.29, 1.82) is 0 Å². The number of nitrogens with two attached hydrogens (primary N) is 1. The van der Waals surface area contributed by atoms with Crippen molar-refractivity contribution in [3.63, 3.8) is 0 Å². The monoisotopic (exact) mass is 494 g/mol. The van der Waals surface area contributed by atoms with Crippen LogP contribution in [0.5, 0.6) is 0 Å². The summed E-state index contributed by atoms with van der Waals surface area (Å²) in [5.74, 6) is -0.379. The van der Waals surface area contributed by atoms with Crippen molar-refractivity contribution in [2.75, 3.05) is 18.4 Å². The molecule has 184 valence electrons. The lowest BCUT2D eigenvalue weighted by atomic mass is 10.1. The van der Waals surface area contributed by atoms with Crippen LogP contribution < -0.4 is 15.8 Å². The average molecular weight is 495 g/mol. The zero-order valence-electron chi connectivity index (χ0n) is 19.8. The summed E-state index contributed by atoms with van der Waals surface area (Å²) in [6.45, 7) is 4.43. The second-order valence-electron chi connectivity index (χ2n) is 8.94. The molecule has 1 aliphatic heterocycles. The van der Waals surface area contributed by atoms with Crippen LogP contribution in [0, 0.1) is 6.92 Å². The summed E-state index contributed by atoms with van der Waals surface area (Å²) in [4.78, 5) is 26.8. The lowest BCUT2D eigenvalue weighted by Gasteiger charge is -2.33. The first-order chi connectivity index (χ1) is 16.7. The molecule has 0 spiro atoms. The van der Waals surface area contributed by atoms with Gasteiger partial charge in [-0.3, -0.25) is 9.59 Å². The van der Waals surface area contributed by atoms with Gasteiger partial charge in [0.1, 0.15) is 0 Å². The van der Waals surface area contributed by atoms with E-state index < -0.39 is 16.1 Å². The highest BCUT2D eigenvalue weighted by Gasteiger charge is 2.28. The zero-order valence-corrected chi connectivity index (χ0v) is 20.6. The molecule has 9 heteroatoms. The van der Waals surface area contributed by atoms with E-state index in [4.69, 9.17) is 5.73 Å². The third kappa shape index (κ3) is 5.37. The molecule has 3 aromatic rings. The van der Waals surface area contributed by atoms with Gasteiger partial charge in [0.25, 0.3) is 5.91 Å². The lowest BCUT2D eigenvalue weighted by Crippen LogP contribution is -2.50. The fourth-order valence-corrected chi connectivity index (χ4v) is 5.94. The summed E-state index contributed by atoms with van der Waals surface area (Å²) in [6, 6.07) is 16.7. The van der Waals surface area contributed by atoms with E-state index in [1.54, 1.807) is 54.3 Å². The summed E-state index contributed by atoms with van der Waals surface area (Å²) in [5.41, 5.74) is 7.64. The van der Waals surface area contributed by atoms with Crippen molar-refractivity contribution in [2.24, 2.45) is 5.73 Å². The fourth-order valence-electron chi connectivity index (χ4n) is 4.42. The molecule has 3 aromatic carbocycles. The number of piperidine rings is 1. The van der Waals surface area contributed by atoms with Gasteiger partial charge >= 0.3 is 0 Å². The number of likely N-dealkylation sites (tertiary alicyclic amines) is 1. The van der Waals surface area contributed by atoms with Crippen molar-refractivity contribution in [1.82, 2.24) is 9.62 Å². The standard InChI is InChI=1S/C26H30N4O4S/c1-17-7-3-4-8-20(17)25(31)28-23-11-12-24(22-10-6-5-9-21(22)23)35(33,34)29-19-13-15-30(16-14-19)26(32)18(2)27/h3-12,18-19,29H,13-16,27H2,1-2H3,(H,28,31). The van der Waals surface area contributed by atoms with Gasteiger partial charge in [-0.2, -0.15) is 0 Å². The maximum absolute atomic E-state index is 13.3. The molecule has 1 saturated heterocycles. The van der Waals surface area contributed by atoms with E-state index >= 15 is 0 Å². The minimum atomic E-state index is -3.84. The highest BCUT2D eigenvalue weighted by Crippen LogP contribution is 2.30. The van der Waals surface area contributed by atoms with E-state index in [1.807, 2.05) is 19.1 Å². The zero-order chi connectivity index (χ0) is 25.2. The molecule has 1 fully saturated rings. The van der Waals surface area contributed by atoms with E-state index in [2.05, 4.69) is 10.0 Å². The smallest absolute Gasteiger partial charge is 0.255 e. The predicted octanol–water partition coefficient (Wildman–Crippen LogP) is 3.02. The quantitative estimate of drug-likeness (QED) is 0.486. The van der Waals surface area contributed by atoms with Gasteiger partial charge in [0, 0.05) is 41.2 Å². The number of rotatable bonds is 6. The molecule has 1 atom stereocenters. The molecular weight excluding hydrogens is 464 g/mol. The molecular formula is C26H30N4O4S. The summed E-state index contributed by atoms with van der Waals surface area (Å²) in [7, 11) is -3.84. The molecule has 1 aliphatic rings. The normalized spacial score (nSPS) is 15.7. The molecule has 35 heavy (non-hydrogen) atoms. The van der Waals surface area contributed by atoms with Crippen LogP contribution in [0.3, 0.4) is 0 Å². The van der Waals surface area contributed by atoms with Gasteiger partial charge in [-0.15, -0.1) is 0 Å². The highest BCUT2D eigenvalue weighted by atomic mass is 32.2. The van der Waals surface area contributed by atoms with E-state index in [-0.39, 0.29) is 22.8 Å². The van der Waals surface area contributed by atoms with Gasteiger partial charge in [0.15, 0.2) is 0 Å². The number of hydrogen-bond donors (Lipinski definition) is 3. The minimum absolute atomic E-state index is 0.124. The van der Waals surface area contributed by atoms with Crippen LogP contribution >= 0.6 is 0 Å². The van der Waals surface area contributed by atoms with Crippen LogP contribution in [-0.2, 0) is 14.8 Å². The van der Waals surface area contributed by atoms with Gasteiger partial charge in [0.05, 0.1) is 10.9 Å². The SMILES string of the molecule is Cc1ccccc1C(=O)Nc1ccc(S(=O)(=O)NC2CCN(C(=O)C(C)N)CC2)c2ccccc12. The van der Waals surface area contributed by atoms with Gasteiger partial charge in [-0.1, -0.05) is 42.5 Å². The van der Waals surface area contributed by atoms with E-state index in [0.717, 1.165) is 5.56 Å². The molecule has 0 radical (unpaired) electrons. The Kier molecular flexibility index (Phi) is 7.20. The summed E-state index contributed by atoms with van der Waals surface area (Å²) >= 11 is 0. The minimum Gasteiger partial charge on any atom is -0.341 e. The van der Waals surface area contributed by atoms with Crippen LogP contribution in [0.4, 0.5) is 5.69 Å². The van der Waals surface area contributed by atoms with Crippen LogP contribution in [-0.4, -0.2) is 50.3 Å². The molecule has 4 N–H and O–H groups in total. The van der Waals surface area contributed by atoms with Gasteiger partial charge < -0.3 is 16.0 Å². The number of hydrogen-bond acceptors (Lipinski definition) is 5. The maximum atomic E-state index is 13.3. The number of carbonyl (C=O) groups is 2. The number of nitrogens with one attached hydrogen (secondary N) is 2. The third-order valence-corrected chi connectivity index (χ3v) is 7.91. The molecule has 4 rings (SSSR count). The second kappa shape index (κ2) is 10.2. The average Bonchev–Trinajstić information content (AvgIpc) is 2.84. The molecule has 2 amide bonds. The van der Waals surface area contributed by atoms with Gasteiger partial charge in [0.2, 0.25) is 15.9 Å². The van der Waals surface area contributed by atoms with Crippen molar-refractivity contribution in [3.05, 3.63) is 71.8 Å². The number of nitrogens with zero attached hydrogens (tertiary/aromatic N) is 1. The number of aryl methyl sites for hydroxylation is 1. The predicted molar refractivity (Wildman–Crippen MR) is 137 cm³/mol. The summed E-state index contributed by atoms with van der Waals surface area (Å²) < 4.78 is 29.5. The Balaban J connectivity index is 1.56. The first-order valence-electron chi connectivity index (χ1n) is 11.6. The van der Waals surface area contributed by atoms with Crippen molar-refractivity contribution >= 4 is 38.3 Å². The Hall–Kier alpha value is -3.27. The fraction of sp³-hybridized carbons (Fsp3) is 0.308. The molecule has 8 nitrogen and oxygen atoms in total. The Morgan fingerprint density at radius 1 is 0.971 bits per heavy atom. The molecule has 0 bridgehead atoms. The van der Waals surface area contributed by atoms with E-state index in [1.165, 1.54) is 6.07 Å². The van der Waals surface area contributed by atoms with Gasteiger partial charge in [-0.25, -0.2) is 13.1 Å². The molecule has 1 unspecified atom stereocenters. The number of carbonyl (C=O) groups excluding carboxylic acids is 2. The summed E-state index contributed by atoms with van der Waals surface area (Å²) in [5, 5.41) is 4.08. The Bertz CT molecular complexity index is 1360. The van der Waals surface area contributed by atoms with Crippen LogP contribution in [0.15, 0.2) is 65.6 Å². The van der Waals surface area contributed by atoms with Crippen molar-refractivity contribution in [3.8, 4) is 0 Å². The number of fused-ring (bicyclic) bond motifs is 1. The number of anilines is 1. The first-order valence-corrected chi connectivity index (χ1v) is 13.1. The van der Waals surface area contributed by atoms with E-state index in [9.17, 15) is 18.0 Å². The molecule has 0 aromatic heterocycles. The largest absolute Gasteiger partial charge is 0.341 e. The van der Waals surface area contributed by atoms with Gasteiger partial charge in [-0.05, 0) is 50.5 Å². The molecule has 0 aliphatic carbocycles. The first kappa shape index (κ1) is 24.8. The van der Waals surface area contributed by atoms with Crippen LogP contribution in [0.2, 0.25) is 0 Å². The maximum Gasteiger partial charge on any atom is 0.255 e. The highest BCUT2D eigenvalue weighted by molar-refractivity contribution is 7.89. The number of amides is 2. The Morgan fingerprint density at radius 3 is 2.26 bits per heavy atom. The number of sulfonamides is 1.